The summed E-state index contributed by atoms with van der Waals surface area (Å²) in [6.07, 6.45) is 6.02. The third-order valence-electron chi connectivity index (χ3n) is 4.60. The predicted octanol–water partition coefficient (Wildman–Crippen LogP) is 3.26. The van der Waals surface area contributed by atoms with Gasteiger partial charge < -0.3 is 10.1 Å². The van der Waals surface area contributed by atoms with E-state index < -0.39 is 0 Å². The molecule has 24 heavy (non-hydrogen) atoms. The summed E-state index contributed by atoms with van der Waals surface area (Å²) in [6.45, 7) is 2.21. The second kappa shape index (κ2) is 7.95. The van der Waals surface area contributed by atoms with Gasteiger partial charge in [-0.05, 0) is 30.9 Å². The first-order valence-electron chi connectivity index (χ1n) is 8.59. The van der Waals surface area contributed by atoms with Crippen LogP contribution in [0.3, 0.4) is 0 Å². The average molecular weight is 328 g/mol. The summed E-state index contributed by atoms with van der Waals surface area (Å²) in [5.41, 5.74) is 3.98. The van der Waals surface area contributed by atoms with Gasteiger partial charge in [-0.15, -0.1) is 5.10 Å². The second-order valence-corrected chi connectivity index (χ2v) is 6.40. The summed E-state index contributed by atoms with van der Waals surface area (Å²) in [6, 6.07) is 8.43. The minimum atomic E-state index is -0.369. The fraction of sp³-hybridized carbons (Fsp3) is 0.500. The topological polar surface area (TPSA) is 79.9 Å². The molecule has 1 aromatic carbocycles. The van der Waals surface area contributed by atoms with Crippen LogP contribution in [0.4, 0.5) is 4.79 Å². The van der Waals surface area contributed by atoms with Crippen molar-refractivity contribution in [3.63, 3.8) is 0 Å². The third-order valence-corrected chi connectivity index (χ3v) is 4.60. The molecule has 0 aliphatic heterocycles. The van der Waals surface area contributed by atoms with E-state index in [-0.39, 0.29) is 18.7 Å². The maximum Gasteiger partial charge on any atom is 0.407 e. The number of hydrogen-bond acceptors (Lipinski definition) is 4. The van der Waals surface area contributed by atoms with E-state index in [0.29, 0.717) is 12.1 Å². The Morgan fingerprint density at radius 2 is 2.08 bits per heavy atom. The van der Waals surface area contributed by atoms with Gasteiger partial charge in [0.1, 0.15) is 12.3 Å². The largest absolute Gasteiger partial charge is 0.443 e. The number of aryl methyl sites for hydroxylation is 1. The molecule has 1 fully saturated rings. The van der Waals surface area contributed by atoms with Crippen molar-refractivity contribution in [2.75, 3.05) is 0 Å². The van der Waals surface area contributed by atoms with Gasteiger partial charge in [0.2, 0.25) is 0 Å². The number of amides is 1. The van der Waals surface area contributed by atoms with E-state index >= 15 is 0 Å². The summed E-state index contributed by atoms with van der Waals surface area (Å²) in [5.74, 6) is 0. The zero-order valence-electron chi connectivity index (χ0n) is 14.0. The maximum absolute atomic E-state index is 11.9. The lowest BCUT2D eigenvalue weighted by atomic mass is 9.96. The number of ether oxygens (including phenoxy) is 1. The number of benzene rings is 1. The van der Waals surface area contributed by atoms with Gasteiger partial charge >= 0.3 is 6.09 Å². The molecule has 6 nitrogen and oxygen atoms in total. The quantitative estimate of drug-likeness (QED) is 0.883. The number of nitrogens with one attached hydrogen (secondary N) is 2. The molecule has 1 heterocycles. The lowest BCUT2D eigenvalue weighted by molar-refractivity contribution is 0.131. The van der Waals surface area contributed by atoms with Gasteiger partial charge in [0.05, 0.1) is 5.69 Å². The highest BCUT2D eigenvalue weighted by Gasteiger charge is 2.17. The molecule has 0 unspecified atom stereocenters. The van der Waals surface area contributed by atoms with Crippen LogP contribution in [-0.2, 0) is 17.8 Å². The highest BCUT2D eigenvalue weighted by atomic mass is 16.5. The summed E-state index contributed by atoms with van der Waals surface area (Å²) in [4.78, 5) is 11.9. The molecule has 2 aromatic rings. The molecule has 0 atom stereocenters. The Balaban J connectivity index is 1.53. The van der Waals surface area contributed by atoms with Crippen LogP contribution in [0, 0.1) is 6.92 Å². The van der Waals surface area contributed by atoms with Gasteiger partial charge in [0.25, 0.3) is 0 Å². The Morgan fingerprint density at radius 3 is 2.88 bits per heavy atom. The fourth-order valence-corrected chi connectivity index (χ4v) is 3.12. The van der Waals surface area contributed by atoms with E-state index in [1.807, 2.05) is 12.1 Å². The van der Waals surface area contributed by atoms with Crippen molar-refractivity contribution in [1.82, 2.24) is 20.7 Å². The number of carbonyl (C=O) groups excluding carboxylic acids is 1. The molecule has 2 N–H and O–H groups in total. The van der Waals surface area contributed by atoms with Gasteiger partial charge in [-0.25, -0.2) is 4.79 Å². The monoisotopic (exact) mass is 328 g/mol. The molecule has 1 amide bonds. The number of aromatic nitrogens is 3. The molecule has 1 aromatic heterocycles. The Bertz CT molecular complexity index is 677. The van der Waals surface area contributed by atoms with Gasteiger partial charge in [-0.3, -0.25) is 5.10 Å². The number of hydrogen-bond donors (Lipinski definition) is 2. The number of carbonyl (C=O) groups is 1. The van der Waals surface area contributed by atoms with Crippen molar-refractivity contribution < 1.29 is 9.53 Å². The van der Waals surface area contributed by atoms with Crippen LogP contribution < -0.4 is 5.32 Å². The number of aromatic amines is 1. The first-order chi connectivity index (χ1) is 11.7. The summed E-state index contributed by atoms with van der Waals surface area (Å²) in [5, 5.41) is 13.8. The highest BCUT2D eigenvalue weighted by Crippen LogP contribution is 2.18. The van der Waals surface area contributed by atoms with E-state index in [4.69, 9.17) is 4.74 Å². The van der Waals surface area contributed by atoms with Crippen LogP contribution in [0.2, 0.25) is 0 Å². The summed E-state index contributed by atoms with van der Waals surface area (Å²) < 4.78 is 5.33. The molecule has 1 aliphatic carbocycles. The minimum Gasteiger partial charge on any atom is -0.443 e. The van der Waals surface area contributed by atoms with Gasteiger partial charge in [0.15, 0.2) is 0 Å². The molecule has 0 radical (unpaired) electrons. The number of H-pyrrole nitrogens is 1. The van der Waals surface area contributed by atoms with Crippen LogP contribution in [0.15, 0.2) is 24.3 Å². The molecule has 1 aliphatic rings. The molecular weight excluding hydrogens is 304 g/mol. The first kappa shape index (κ1) is 16.5. The minimum absolute atomic E-state index is 0.135. The molecule has 0 bridgehead atoms. The number of nitrogens with zero attached hydrogens (tertiary/aromatic N) is 2. The molecule has 0 spiro atoms. The molecule has 0 saturated heterocycles. The van der Waals surface area contributed by atoms with Gasteiger partial charge in [0, 0.05) is 12.5 Å². The van der Waals surface area contributed by atoms with Crippen LogP contribution in [-0.4, -0.2) is 27.5 Å². The molecular formula is C18H24N4O2. The maximum atomic E-state index is 11.9. The normalized spacial score (nSPS) is 15.2. The van der Waals surface area contributed by atoms with Crippen LogP contribution in [0.1, 0.15) is 54.6 Å². The average Bonchev–Trinajstić information content (AvgIpc) is 3.03. The zero-order valence-corrected chi connectivity index (χ0v) is 14.0. The summed E-state index contributed by atoms with van der Waals surface area (Å²) >= 11 is 0. The van der Waals surface area contributed by atoms with Gasteiger partial charge in [-0.2, -0.15) is 0 Å². The van der Waals surface area contributed by atoms with Crippen molar-refractivity contribution in [3.05, 3.63) is 46.8 Å². The smallest absolute Gasteiger partial charge is 0.407 e. The van der Waals surface area contributed by atoms with E-state index in [0.717, 1.165) is 18.5 Å². The Kier molecular flexibility index (Phi) is 5.46. The standard InChI is InChI=1S/C18H24N4O2/c1-13-7-5-6-8-14(13)11-16-17(21-22-20-16)12-24-18(23)19-15-9-3-2-4-10-15/h5-8,15H,2-4,9-12H2,1H3,(H,19,23)(H,20,21,22). The number of alkyl carbamates (subject to hydrolysis) is 1. The van der Waals surface area contributed by atoms with E-state index in [9.17, 15) is 4.79 Å². The Labute approximate surface area is 142 Å². The Hall–Kier alpha value is -2.37. The van der Waals surface area contributed by atoms with Crippen LogP contribution in [0.25, 0.3) is 0 Å². The van der Waals surface area contributed by atoms with E-state index in [2.05, 4.69) is 39.8 Å². The van der Waals surface area contributed by atoms with Crippen LogP contribution >= 0.6 is 0 Å². The Morgan fingerprint density at radius 1 is 1.29 bits per heavy atom. The van der Waals surface area contributed by atoms with Crippen molar-refractivity contribution in [3.8, 4) is 0 Å². The molecule has 1 saturated carbocycles. The first-order valence-corrected chi connectivity index (χ1v) is 8.59. The highest BCUT2D eigenvalue weighted by molar-refractivity contribution is 5.67. The van der Waals surface area contributed by atoms with Crippen molar-refractivity contribution in [1.29, 1.82) is 0 Å². The lowest BCUT2D eigenvalue weighted by Crippen LogP contribution is -2.36. The molecule has 128 valence electrons. The third kappa shape index (κ3) is 4.34. The van der Waals surface area contributed by atoms with Crippen molar-refractivity contribution >= 4 is 6.09 Å². The molecule has 6 heteroatoms. The summed E-state index contributed by atoms with van der Waals surface area (Å²) in [7, 11) is 0. The molecule has 3 rings (SSSR count). The SMILES string of the molecule is Cc1ccccc1Cc1[nH]nnc1COC(=O)NC1CCCCC1. The fourth-order valence-electron chi connectivity index (χ4n) is 3.12. The second-order valence-electron chi connectivity index (χ2n) is 6.40. The van der Waals surface area contributed by atoms with Crippen molar-refractivity contribution in [2.45, 2.75) is 58.1 Å². The lowest BCUT2D eigenvalue weighted by Gasteiger charge is -2.22. The predicted molar refractivity (Wildman–Crippen MR) is 90.6 cm³/mol. The van der Waals surface area contributed by atoms with E-state index in [1.54, 1.807) is 0 Å². The zero-order chi connectivity index (χ0) is 16.8. The van der Waals surface area contributed by atoms with Gasteiger partial charge in [-0.1, -0.05) is 48.7 Å². The number of rotatable bonds is 5. The van der Waals surface area contributed by atoms with Crippen molar-refractivity contribution in [2.24, 2.45) is 0 Å². The van der Waals surface area contributed by atoms with Crippen LogP contribution in [0.5, 0.6) is 0 Å². The van der Waals surface area contributed by atoms with E-state index in [1.165, 1.54) is 30.4 Å².